The van der Waals surface area contributed by atoms with E-state index in [4.69, 9.17) is 0 Å². The Labute approximate surface area is 161 Å². The molecule has 1 aromatic heterocycles. The average Bonchev–Trinajstić information content (AvgIpc) is 2.84. The fourth-order valence-electron chi connectivity index (χ4n) is 3.71. The third-order valence-electron chi connectivity index (χ3n) is 5.43. The quantitative estimate of drug-likeness (QED) is 0.788. The van der Waals surface area contributed by atoms with Gasteiger partial charge < -0.3 is 10.4 Å². The van der Waals surface area contributed by atoms with Gasteiger partial charge >= 0.3 is 0 Å². The maximum absolute atomic E-state index is 13.0. The van der Waals surface area contributed by atoms with E-state index in [1.54, 1.807) is 12.1 Å². The van der Waals surface area contributed by atoms with Gasteiger partial charge in [0.2, 0.25) is 5.75 Å². The number of nitrogens with one attached hydrogen (secondary N) is 1. The van der Waals surface area contributed by atoms with E-state index in [0.29, 0.717) is 24.5 Å². The monoisotopic (exact) mass is 387 g/mol. The van der Waals surface area contributed by atoms with E-state index in [1.807, 2.05) is 7.05 Å². The number of benzene rings is 1. The van der Waals surface area contributed by atoms with Crippen molar-refractivity contribution in [2.75, 3.05) is 33.2 Å². The second kappa shape index (κ2) is 7.33. The van der Waals surface area contributed by atoms with E-state index in [-0.39, 0.29) is 24.1 Å². The lowest BCUT2D eigenvalue weighted by atomic mass is 10.1. The summed E-state index contributed by atoms with van der Waals surface area (Å²) in [6.45, 7) is 3.74. The fourth-order valence-corrected chi connectivity index (χ4v) is 3.71. The predicted molar refractivity (Wildman–Crippen MR) is 99.5 cm³/mol. The molecule has 148 valence electrons. The summed E-state index contributed by atoms with van der Waals surface area (Å²) in [6.07, 6.45) is 0. The number of likely N-dealkylation sites (N-methyl/N-ethyl adjacent to an activating group) is 1. The molecular formula is C19H22FN5O3. The first-order chi connectivity index (χ1) is 13.4. The lowest BCUT2D eigenvalue weighted by Gasteiger charge is -2.36. The first-order valence-corrected chi connectivity index (χ1v) is 9.23. The third-order valence-corrected chi connectivity index (χ3v) is 5.43. The Balaban J connectivity index is 1.63. The molecule has 9 heteroatoms. The van der Waals surface area contributed by atoms with Gasteiger partial charge in [-0.15, -0.1) is 0 Å². The number of amides is 1. The average molecular weight is 387 g/mol. The number of piperazine rings is 1. The highest BCUT2D eigenvalue weighted by Gasteiger charge is 2.34. The molecule has 0 radical (unpaired) electrons. The van der Waals surface area contributed by atoms with Crippen molar-refractivity contribution in [2.45, 2.75) is 19.1 Å². The van der Waals surface area contributed by atoms with Crippen LogP contribution in [0.2, 0.25) is 0 Å². The zero-order chi connectivity index (χ0) is 19.8. The summed E-state index contributed by atoms with van der Waals surface area (Å²) >= 11 is 0. The third kappa shape index (κ3) is 3.38. The molecule has 1 amide bonds. The predicted octanol–water partition coefficient (Wildman–Crippen LogP) is 0.320. The Hall–Kier alpha value is -2.78. The van der Waals surface area contributed by atoms with Crippen molar-refractivity contribution in [1.29, 1.82) is 0 Å². The van der Waals surface area contributed by atoms with E-state index in [1.165, 1.54) is 16.7 Å². The summed E-state index contributed by atoms with van der Waals surface area (Å²) in [7, 11) is 1.96. The van der Waals surface area contributed by atoms with Gasteiger partial charge in [-0.1, -0.05) is 12.1 Å². The van der Waals surface area contributed by atoms with E-state index in [9.17, 15) is 19.1 Å². The number of fused-ring (bicyclic) bond motifs is 4. The molecule has 2 atom stereocenters. The summed E-state index contributed by atoms with van der Waals surface area (Å²) in [5, 5.41) is 13.0. The van der Waals surface area contributed by atoms with Crippen LogP contribution in [-0.4, -0.2) is 63.6 Å². The van der Waals surface area contributed by atoms with Crippen LogP contribution in [0, 0.1) is 5.82 Å². The number of rotatable bonds is 3. The highest BCUT2D eigenvalue weighted by Crippen LogP contribution is 2.26. The molecule has 2 aliphatic heterocycles. The van der Waals surface area contributed by atoms with Crippen LogP contribution in [0.25, 0.3) is 0 Å². The van der Waals surface area contributed by atoms with Crippen LogP contribution in [0.4, 0.5) is 4.39 Å². The molecule has 1 saturated heterocycles. The van der Waals surface area contributed by atoms with Crippen LogP contribution in [0.3, 0.4) is 0 Å². The van der Waals surface area contributed by atoms with Crippen LogP contribution < -0.4 is 10.9 Å². The van der Waals surface area contributed by atoms with Crippen molar-refractivity contribution < 1.29 is 14.3 Å². The number of halogens is 1. The van der Waals surface area contributed by atoms with Gasteiger partial charge in [0.25, 0.3) is 11.5 Å². The number of nitrogens with zero attached hydrogens (tertiary/aromatic N) is 4. The Morgan fingerprint density at radius 1 is 1.25 bits per heavy atom. The van der Waals surface area contributed by atoms with Gasteiger partial charge in [-0.3, -0.25) is 24.0 Å². The van der Waals surface area contributed by atoms with Gasteiger partial charge in [0, 0.05) is 39.3 Å². The molecule has 1 fully saturated rings. The topological polar surface area (TPSA) is 90.7 Å². The maximum Gasteiger partial charge on any atom is 0.296 e. The molecule has 2 unspecified atom stereocenters. The minimum atomic E-state index is -0.644. The zero-order valence-electron chi connectivity index (χ0n) is 15.6. The Kier molecular flexibility index (Phi) is 4.86. The Bertz CT molecular complexity index is 959. The normalized spacial score (nSPS) is 21.6. The standard InChI is InChI=1S/C19H22FN5O3/c1-23-6-7-24-8-9-25-17(14(23)11-24)22-15(16(26)19(25)28)18(27)21-10-12-2-4-13(20)5-3-12/h2-5,14,26H,6-11H2,1H3,(H,21,27). The molecule has 0 aliphatic carbocycles. The Morgan fingerprint density at radius 2 is 1.96 bits per heavy atom. The minimum absolute atomic E-state index is 0.117. The number of aromatic nitrogens is 2. The lowest BCUT2D eigenvalue weighted by Crippen LogP contribution is -2.46. The van der Waals surface area contributed by atoms with Gasteiger partial charge in [-0.05, 0) is 24.7 Å². The van der Waals surface area contributed by atoms with Crippen molar-refractivity contribution >= 4 is 5.91 Å². The van der Waals surface area contributed by atoms with Gasteiger partial charge in [0.15, 0.2) is 5.69 Å². The molecule has 2 bridgehead atoms. The summed E-state index contributed by atoms with van der Waals surface area (Å²) < 4.78 is 14.5. The lowest BCUT2D eigenvalue weighted by molar-refractivity contribution is 0.0932. The van der Waals surface area contributed by atoms with Crippen molar-refractivity contribution in [1.82, 2.24) is 24.7 Å². The smallest absolute Gasteiger partial charge is 0.296 e. The first kappa shape index (κ1) is 18.6. The van der Waals surface area contributed by atoms with Gasteiger partial charge in [-0.25, -0.2) is 9.37 Å². The van der Waals surface area contributed by atoms with Crippen LogP contribution in [0.5, 0.6) is 5.75 Å². The molecule has 0 spiro atoms. The number of aromatic hydroxyl groups is 1. The largest absolute Gasteiger partial charge is 0.501 e. The second-order valence-corrected chi connectivity index (χ2v) is 7.23. The maximum atomic E-state index is 13.0. The molecule has 2 N–H and O–H groups in total. The second-order valence-electron chi connectivity index (χ2n) is 7.23. The van der Waals surface area contributed by atoms with Crippen LogP contribution in [0.15, 0.2) is 29.1 Å². The summed E-state index contributed by atoms with van der Waals surface area (Å²) in [6, 6.07) is 5.60. The number of hydrogen-bond acceptors (Lipinski definition) is 6. The molecule has 2 aliphatic rings. The number of carbonyl (C=O) groups excluding carboxylic acids is 1. The van der Waals surface area contributed by atoms with Crippen molar-refractivity contribution in [2.24, 2.45) is 0 Å². The van der Waals surface area contributed by atoms with Crippen LogP contribution in [-0.2, 0) is 13.1 Å². The summed E-state index contributed by atoms with van der Waals surface area (Å²) in [5.74, 6) is -1.14. The van der Waals surface area contributed by atoms with Crippen LogP contribution in [0.1, 0.15) is 27.9 Å². The molecule has 3 heterocycles. The highest BCUT2D eigenvalue weighted by atomic mass is 19.1. The minimum Gasteiger partial charge on any atom is -0.501 e. The van der Waals surface area contributed by atoms with E-state index in [0.717, 1.165) is 19.6 Å². The molecule has 0 saturated carbocycles. The molecule has 1 aromatic carbocycles. The van der Waals surface area contributed by atoms with E-state index in [2.05, 4.69) is 20.1 Å². The molecule has 4 rings (SSSR count). The van der Waals surface area contributed by atoms with Gasteiger partial charge in [-0.2, -0.15) is 0 Å². The van der Waals surface area contributed by atoms with Crippen LogP contribution >= 0.6 is 0 Å². The Morgan fingerprint density at radius 3 is 2.71 bits per heavy atom. The molecule has 28 heavy (non-hydrogen) atoms. The van der Waals surface area contributed by atoms with E-state index < -0.39 is 17.2 Å². The van der Waals surface area contributed by atoms with Gasteiger partial charge in [0.05, 0.1) is 6.04 Å². The van der Waals surface area contributed by atoms with E-state index >= 15 is 0 Å². The molecular weight excluding hydrogens is 365 g/mol. The number of hydrogen-bond donors (Lipinski definition) is 2. The zero-order valence-corrected chi connectivity index (χ0v) is 15.6. The van der Waals surface area contributed by atoms with Gasteiger partial charge in [0.1, 0.15) is 11.6 Å². The van der Waals surface area contributed by atoms with Crippen molar-refractivity contribution in [3.05, 3.63) is 57.5 Å². The highest BCUT2D eigenvalue weighted by molar-refractivity contribution is 5.94. The summed E-state index contributed by atoms with van der Waals surface area (Å²) in [5.41, 5.74) is -0.173. The molecule has 8 nitrogen and oxygen atoms in total. The first-order valence-electron chi connectivity index (χ1n) is 9.23. The summed E-state index contributed by atoms with van der Waals surface area (Å²) in [4.78, 5) is 34.1. The van der Waals surface area contributed by atoms with Crippen molar-refractivity contribution in [3.8, 4) is 5.75 Å². The SMILES string of the molecule is CN1CCN2CCn3c(nc(C(=O)NCc4ccc(F)cc4)c(O)c3=O)C1C2. The fraction of sp³-hybridized carbons (Fsp3) is 0.421. The van der Waals surface area contributed by atoms with Crippen molar-refractivity contribution in [3.63, 3.8) is 0 Å². The molecule has 2 aromatic rings. The number of carbonyl (C=O) groups is 1.